The third-order valence-electron chi connectivity index (χ3n) is 3.87. The third kappa shape index (κ3) is 3.76. The molecule has 6 nitrogen and oxygen atoms in total. The first-order valence-electron chi connectivity index (χ1n) is 7.46. The summed E-state index contributed by atoms with van der Waals surface area (Å²) >= 11 is 0. The van der Waals surface area contributed by atoms with E-state index in [1.54, 1.807) is 0 Å². The molecule has 0 aromatic heterocycles. The number of rotatable bonds is 5. The number of nitrogens with two attached hydrogens (primary N) is 1. The highest BCUT2D eigenvalue weighted by Crippen LogP contribution is 2.22. The number of carbonyl (C=O) groups is 2. The molecule has 1 unspecified atom stereocenters. The predicted octanol–water partition coefficient (Wildman–Crippen LogP) is 0.467. The van der Waals surface area contributed by atoms with Crippen LogP contribution in [-0.2, 0) is 16.0 Å². The van der Waals surface area contributed by atoms with E-state index in [0.29, 0.717) is 26.0 Å². The Hall–Kier alpha value is -2.08. The molecule has 1 saturated heterocycles. The number of hydrogen-bond donors (Lipinski definition) is 2. The largest absolute Gasteiger partial charge is 0.494 e. The van der Waals surface area contributed by atoms with Gasteiger partial charge in [-0.05, 0) is 37.5 Å². The summed E-state index contributed by atoms with van der Waals surface area (Å²) in [5.74, 6) is -0.130. The van der Waals surface area contributed by atoms with E-state index in [9.17, 15) is 14.7 Å². The lowest BCUT2D eigenvalue weighted by atomic mass is 9.92. The van der Waals surface area contributed by atoms with Crippen LogP contribution in [0.1, 0.15) is 25.3 Å². The molecule has 120 valence electrons. The van der Waals surface area contributed by atoms with E-state index in [4.69, 9.17) is 10.5 Å². The molecule has 0 spiro atoms. The highest BCUT2D eigenvalue weighted by atomic mass is 16.5. The molecule has 1 aromatic carbocycles. The van der Waals surface area contributed by atoms with Gasteiger partial charge in [-0.1, -0.05) is 12.1 Å². The molecule has 0 radical (unpaired) electrons. The van der Waals surface area contributed by atoms with Gasteiger partial charge in [0.15, 0.2) is 5.60 Å². The zero-order valence-electron chi connectivity index (χ0n) is 12.7. The SMILES string of the molecule is CCOc1ccc(CC(=O)N2CCCC(O)(C(N)=O)C2)cc1. The van der Waals surface area contributed by atoms with Crippen LogP contribution in [0.4, 0.5) is 0 Å². The average molecular weight is 306 g/mol. The van der Waals surface area contributed by atoms with Crippen molar-refractivity contribution in [2.24, 2.45) is 5.73 Å². The molecule has 22 heavy (non-hydrogen) atoms. The van der Waals surface area contributed by atoms with E-state index in [-0.39, 0.29) is 18.9 Å². The van der Waals surface area contributed by atoms with Gasteiger partial charge in [0.2, 0.25) is 5.91 Å². The van der Waals surface area contributed by atoms with E-state index in [0.717, 1.165) is 11.3 Å². The van der Waals surface area contributed by atoms with Crippen molar-refractivity contribution in [3.8, 4) is 5.75 Å². The Morgan fingerprint density at radius 3 is 2.64 bits per heavy atom. The number of carbonyl (C=O) groups excluding carboxylic acids is 2. The number of β-amino-alcohol motifs (C(OH)–C–C–N with tert-alkyl or cyclic N) is 1. The molecule has 3 N–H and O–H groups in total. The maximum atomic E-state index is 12.3. The number of ether oxygens (including phenoxy) is 1. The Bertz CT molecular complexity index is 544. The van der Waals surface area contributed by atoms with Crippen LogP contribution in [0.5, 0.6) is 5.75 Å². The van der Waals surface area contributed by atoms with E-state index >= 15 is 0 Å². The molecule has 1 heterocycles. The number of primary amides is 1. The lowest BCUT2D eigenvalue weighted by Crippen LogP contribution is -2.57. The van der Waals surface area contributed by atoms with Crippen molar-refractivity contribution in [2.75, 3.05) is 19.7 Å². The van der Waals surface area contributed by atoms with E-state index in [1.807, 2.05) is 31.2 Å². The lowest BCUT2D eigenvalue weighted by molar-refractivity contribution is -0.148. The van der Waals surface area contributed by atoms with Gasteiger partial charge in [-0.15, -0.1) is 0 Å². The summed E-state index contributed by atoms with van der Waals surface area (Å²) in [5, 5.41) is 10.1. The molecule has 0 aliphatic carbocycles. The Labute approximate surface area is 129 Å². The van der Waals surface area contributed by atoms with Crippen LogP contribution in [0.3, 0.4) is 0 Å². The maximum Gasteiger partial charge on any atom is 0.251 e. The van der Waals surface area contributed by atoms with Crippen LogP contribution in [-0.4, -0.2) is 47.1 Å². The van der Waals surface area contributed by atoms with Gasteiger partial charge in [-0.2, -0.15) is 0 Å². The van der Waals surface area contributed by atoms with Gasteiger partial charge in [0.05, 0.1) is 19.6 Å². The van der Waals surface area contributed by atoms with Gasteiger partial charge in [0.1, 0.15) is 5.75 Å². The number of likely N-dealkylation sites (tertiary alicyclic amines) is 1. The van der Waals surface area contributed by atoms with Gasteiger partial charge in [-0.25, -0.2) is 0 Å². The Morgan fingerprint density at radius 1 is 1.36 bits per heavy atom. The Morgan fingerprint density at radius 2 is 2.05 bits per heavy atom. The Balaban J connectivity index is 1.98. The first-order valence-corrected chi connectivity index (χ1v) is 7.46. The summed E-state index contributed by atoms with van der Waals surface area (Å²) in [6.07, 6.45) is 1.09. The van der Waals surface area contributed by atoms with Gasteiger partial charge < -0.3 is 20.5 Å². The maximum absolute atomic E-state index is 12.3. The van der Waals surface area contributed by atoms with Gasteiger partial charge in [0, 0.05) is 6.54 Å². The first kappa shape index (κ1) is 16.3. The number of nitrogens with zero attached hydrogens (tertiary/aromatic N) is 1. The molecule has 1 aliphatic heterocycles. The van der Waals surface area contributed by atoms with Crippen LogP contribution < -0.4 is 10.5 Å². The van der Waals surface area contributed by atoms with Crippen molar-refractivity contribution >= 4 is 11.8 Å². The second-order valence-electron chi connectivity index (χ2n) is 5.57. The second kappa shape index (κ2) is 6.79. The van der Waals surface area contributed by atoms with Crippen LogP contribution in [0.15, 0.2) is 24.3 Å². The van der Waals surface area contributed by atoms with Crippen LogP contribution in [0.25, 0.3) is 0 Å². The molecule has 1 atom stereocenters. The number of aliphatic hydroxyl groups is 1. The van der Waals surface area contributed by atoms with Crippen LogP contribution in [0, 0.1) is 0 Å². The summed E-state index contributed by atoms with van der Waals surface area (Å²) in [6, 6.07) is 7.32. The van der Waals surface area contributed by atoms with E-state index in [1.165, 1.54) is 4.90 Å². The van der Waals surface area contributed by atoms with Crippen LogP contribution >= 0.6 is 0 Å². The molecule has 0 bridgehead atoms. The van der Waals surface area contributed by atoms with Crippen molar-refractivity contribution in [3.63, 3.8) is 0 Å². The van der Waals surface area contributed by atoms with Crippen molar-refractivity contribution in [1.29, 1.82) is 0 Å². The van der Waals surface area contributed by atoms with Crippen molar-refractivity contribution in [3.05, 3.63) is 29.8 Å². The summed E-state index contributed by atoms with van der Waals surface area (Å²) in [7, 11) is 0. The second-order valence-corrected chi connectivity index (χ2v) is 5.57. The highest BCUT2D eigenvalue weighted by Gasteiger charge is 2.39. The zero-order valence-corrected chi connectivity index (χ0v) is 12.7. The molecular formula is C16H22N2O4. The molecular weight excluding hydrogens is 284 g/mol. The predicted molar refractivity (Wildman–Crippen MR) is 81.3 cm³/mol. The minimum atomic E-state index is -1.60. The van der Waals surface area contributed by atoms with Crippen molar-refractivity contribution in [1.82, 2.24) is 4.90 Å². The summed E-state index contributed by atoms with van der Waals surface area (Å²) in [4.78, 5) is 25.1. The van der Waals surface area contributed by atoms with Crippen LogP contribution in [0.2, 0.25) is 0 Å². The molecule has 2 amide bonds. The van der Waals surface area contributed by atoms with E-state index in [2.05, 4.69) is 0 Å². The monoisotopic (exact) mass is 306 g/mol. The molecule has 6 heteroatoms. The standard InChI is InChI=1S/C16H22N2O4/c1-2-22-13-6-4-12(5-7-13)10-14(19)18-9-3-8-16(21,11-18)15(17)20/h4-7,21H,2-3,8-11H2,1H3,(H2,17,20). The van der Waals surface area contributed by atoms with E-state index < -0.39 is 11.5 Å². The van der Waals surface area contributed by atoms with Gasteiger partial charge >= 0.3 is 0 Å². The zero-order chi connectivity index (χ0) is 16.2. The first-order chi connectivity index (χ1) is 10.4. The minimum absolute atomic E-state index is 0.0296. The fraction of sp³-hybridized carbons (Fsp3) is 0.500. The fourth-order valence-corrected chi connectivity index (χ4v) is 2.61. The lowest BCUT2D eigenvalue weighted by Gasteiger charge is -2.37. The number of piperidine rings is 1. The quantitative estimate of drug-likeness (QED) is 0.827. The fourth-order valence-electron chi connectivity index (χ4n) is 2.61. The molecule has 1 fully saturated rings. The Kier molecular flexibility index (Phi) is 5.03. The topological polar surface area (TPSA) is 92.9 Å². The number of amides is 2. The number of benzene rings is 1. The summed E-state index contributed by atoms with van der Waals surface area (Å²) < 4.78 is 5.36. The summed E-state index contributed by atoms with van der Waals surface area (Å²) in [6.45, 7) is 3.01. The third-order valence-corrected chi connectivity index (χ3v) is 3.87. The average Bonchev–Trinajstić information content (AvgIpc) is 2.49. The molecule has 1 aliphatic rings. The smallest absolute Gasteiger partial charge is 0.251 e. The van der Waals surface area contributed by atoms with Crippen molar-refractivity contribution in [2.45, 2.75) is 31.8 Å². The van der Waals surface area contributed by atoms with Gasteiger partial charge in [0.25, 0.3) is 5.91 Å². The van der Waals surface area contributed by atoms with Gasteiger partial charge in [-0.3, -0.25) is 9.59 Å². The summed E-state index contributed by atoms with van der Waals surface area (Å²) in [5.41, 5.74) is 4.48. The minimum Gasteiger partial charge on any atom is -0.494 e. The number of hydrogen-bond acceptors (Lipinski definition) is 4. The molecule has 2 rings (SSSR count). The highest BCUT2D eigenvalue weighted by molar-refractivity contribution is 5.85. The van der Waals surface area contributed by atoms with Crippen molar-refractivity contribution < 1.29 is 19.4 Å². The normalized spacial score (nSPS) is 21.5. The molecule has 1 aromatic rings. The molecule has 0 saturated carbocycles.